The van der Waals surface area contributed by atoms with Crippen molar-refractivity contribution in [1.82, 2.24) is 5.32 Å². The van der Waals surface area contributed by atoms with Gasteiger partial charge in [0.05, 0.1) is 12.2 Å². The van der Waals surface area contributed by atoms with Gasteiger partial charge in [0.2, 0.25) is 0 Å². The van der Waals surface area contributed by atoms with E-state index in [4.69, 9.17) is 4.74 Å². The highest BCUT2D eigenvalue weighted by Gasteiger charge is 2.42. The molecule has 0 saturated heterocycles. The summed E-state index contributed by atoms with van der Waals surface area (Å²) in [5, 5.41) is 15.1. The average Bonchev–Trinajstić information content (AvgIpc) is 2.90. The molecule has 0 aromatic heterocycles. The van der Waals surface area contributed by atoms with Gasteiger partial charge in [-0.3, -0.25) is 0 Å². The second kappa shape index (κ2) is 17.9. The lowest BCUT2D eigenvalue weighted by Crippen LogP contribution is -2.45. The lowest BCUT2D eigenvalue weighted by Gasteiger charge is -2.44. The Morgan fingerprint density at radius 3 is 2.33 bits per heavy atom. The standard InChI is InChI=1S/C34H52FNO2.ClH/c1-4-5-6-7-8-9-10-11-25-38-31-17-14-28(15-18-31)13-12-23-36-24-22-34(37)21-20-29-26-30(35)16-19-32(29)33(34)27(2)3;/h14-19,26-27,33,36-37H,4-13,20-25H2,1-3H3;1H. The first-order chi connectivity index (χ1) is 18.4. The van der Waals surface area contributed by atoms with E-state index >= 15 is 0 Å². The molecule has 2 aromatic carbocycles. The van der Waals surface area contributed by atoms with E-state index in [1.54, 1.807) is 6.07 Å². The van der Waals surface area contributed by atoms with Crippen molar-refractivity contribution < 1.29 is 14.2 Å². The van der Waals surface area contributed by atoms with Crippen LogP contribution in [0.25, 0.3) is 0 Å². The van der Waals surface area contributed by atoms with Gasteiger partial charge >= 0.3 is 0 Å². The zero-order valence-electron chi connectivity index (χ0n) is 24.7. The predicted octanol–water partition coefficient (Wildman–Crippen LogP) is 8.80. The normalized spacial score (nSPS) is 18.6. The summed E-state index contributed by atoms with van der Waals surface area (Å²) >= 11 is 0. The van der Waals surface area contributed by atoms with Gasteiger partial charge in [-0.25, -0.2) is 4.39 Å². The summed E-state index contributed by atoms with van der Waals surface area (Å²) in [6.07, 6.45) is 14.8. The fourth-order valence-electron chi connectivity index (χ4n) is 6.18. The van der Waals surface area contributed by atoms with Gasteiger partial charge in [0.15, 0.2) is 0 Å². The maximum Gasteiger partial charge on any atom is 0.123 e. The van der Waals surface area contributed by atoms with E-state index in [-0.39, 0.29) is 24.1 Å². The summed E-state index contributed by atoms with van der Waals surface area (Å²) in [5.74, 6) is 1.14. The zero-order chi connectivity index (χ0) is 27.2. The summed E-state index contributed by atoms with van der Waals surface area (Å²) in [6, 6.07) is 13.6. The monoisotopic (exact) mass is 561 g/mol. The maximum absolute atomic E-state index is 13.7. The second-order valence-electron chi connectivity index (χ2n) is 11.7. The van der Waals surface area contributed by atoms with Crippen LogP contribution < -0.4 is 10.1 Å². The van der Waals surface area contributed by atoms with Gasteiger partial charge in [-0.2, -0.15) is 0 Å². The molecule has 2 unspecified atom stereocenters. The predicted molar refractivity (Wildman–Crippen MR) is 165 cm³/mol. The Kier molecular flexibility index (Phi) is 15.5. The van der Waals surface area contributed by atoms with Crippen molar-refractivity contribution >= 4 is 12.4 Å². The van der Waals surface area contributed by atoms with Crippen molar-refractivity contribution in [2.45, 2.75) is 116 Å². The lowest BCUT2D eigenvalue weighted by molar-refractivity contribution is -0.0241. The molecule has 0 aliphatic heterocycles. The van der Waals surface area contributed by atoms with E-state index < -0.39 is 5.60 Å². The Bertz CT molecular complexity index is 935. The van der Waals surface area contributed by atoms with Crippen LogP contribution in [0.4, 0.5) is 4.39 Å². The molecule has 2 atom stereocenters. The third kappa shape index (κ3) is 11.1. The van der Waals surface area contributed by atoms with Gasteiger partial charge in [-0.15, -0.1) is 12.4 Å². The molecule has 3 nitrogen and oxygen atoms in total. The van der Waals surface area contributed by atoms with Crippen LogP contribution in [0.15, 0.2) is 42.5 Å². The number of unbranched alkanes of at least 4 members (excludes halogenated alkanes) is 7. The Morgan fingerprint density at radius 2 is 1.64 bits per heavy atom. The molecule has 0 bridgehead atoms. The fraction of sp³-hybridized carbons (Fsp3) is 0.647. The second-order valence-corrected chi connectivity index (χ2v) is 11.7. The highest BCUT2D eigenvalue weighted by molar-refractivity contribution is 5.85. The third-order valence-electron chi connectivity index (χ3n) is 8.26. The number of fused-ring (bicyclic) bond motifs is 1. The van der Waals surface area contributed by atoms with Crippen LogP contribution in [0.1, 0.15) is 114 Å². The number of halogens is 2. The molecular weight excluding hydrogens is 509 g/mol. The van der Waals surface area contributed by atoms with Gasteiger partial charge in [-0.05, 0) is 98.5 Å². The van der Waals surface area contributed by atoms with E-state index in [0.29, 0.717) is 12.3 Å². The van der Waals surface area contributed by atoms with Crippen LogP contribution in [0.5, 0.6) is 5.75 Å². The van der Waals surface area contributed by atoms with Crippen LogP contribution in [0.2, 0.25) is 0 Å². The van der Waals surface area contributed by atoms with E-state index in [9.17, 15) is 9.50 Å². The SMILES string of the molecule is CCCCCCCCCCOc1ccc(CCCNCCC2(O)CCc3cc(F)ccc3C2C(C)C)cc1.Cl. The first-order valence-corrected chi connectivity index (χ1v) is 15.4. The number of nitrogens with one attached hydrogen (secondary N) is 1. The van der Waals surface area contributed by atoms with Crippen molar-refractivity contribution in [3.8, 4) is 5.75 Å². The van der Waals surface area contributed by atoms with Gasteiger partial charge in [0.25, 0.3) is 0 Å². The molecule has 0 amide bonds. The molecule has 1 aliphatic carbocycles. The van der Waals surface area contributed by atoms with Crippen LogP contribution in [-0.2, 0) is 12.8 Å². The van der Waals surface area contributed by atoms with Crippen molar-refractivity contribution in [1.29, 1.82) is 0 Å². The lowest BCUT2D eigenvalue weighted by atomic mass is 9.66. The number of hydrogen-bond acceptors (Lipinski definition) is 3. The molecule has 3 rings (SSSR count). The molecule has 220 valence electrons. The molecule has 2 aromatic rings. The first kappa shape index (κ1) is 33.6. The highest BCUT2D eigenvalue weighted by Crippen LogP contribution is 2.45. The fourth-order valence-corrected chi connectivity index (χ4v) is 6.18. The number of rotatable bonds is 18. The van der Waals surface area contributed by atoms with Gasteiger partial charge in [0, 0.05) is 5.92 Å². The molecular formula is C34H53ClFNO2. The van der Waals surface area contributed by atoms with Crippen molar-refractivity contribution in [3.63, 3.8) is 0 Å². The molecule has 0 heterocycles. The van der Waals surface area contributed by atoms with Crippen LogP contribution in [-0.4, -0.2) is 30.4 Å². The van der Waals surface area contributed by atoms with Crippen molar-refractivity contribution in [2.75, 3.05) is 19.7 Å². The van der Waals surface area contributed by atoms with Gasteiger partial charge < -0.3 is 15.2 Å². The van der Waals surface area contributed by atoms with Crippen LogP contribution in [0.3, 0.4) is 0 Å². The largest absolute Gasteiger partial charge is 0.494 e. The molecule has 1 aliphatic rings. The Hall–Kier alpha value is -1.62. The minimum Gasteiger partial charge on any atom is -0.494 e. The molecule has 0 saturated carbocycles. The number of aliphatic hydroxyl groups is 1. The molecule has 0 radical (unpaired) electrons. The molecule has 0 fully saturated rings. The zero-order valence-corrected chi connectivity index (χ0v) is 25.5. The van der Waals surface area contributed by atoms with Gasteiger partial charge in [0.1, 0.15) is 11.6 Å². The topological polar surface area (TPSA) is 41.5 Å². The Labute approximate surface area is 243 Å². The van der Waals surface area contributed by atoms with E-state index in [1.165, 1.54) is 56.6 Å². The third-order valence-corrected chi connectivity index (χ3v) is 8.26. The van der Waals surface area contributed by atoms with Gasteiger partial charge in [-0.1, -0.05) is 83.9 Å². The van der Waals surface area contributed by atoms with E-state index in [0.717, 1.165) is 68.7 Å². The van der Waals surface area contributed by atoms with Crippen LogP contribution in [0, 0.1) is 11.7 Å². The summed E-state index contributed by atoms with van der Waals surface area (Å²) < 4.78 is 19.7. The van der Waals surface area contributed by atoms with E-state index in [2.05, 4.69) is 50.4 Å². The van der Waals surface area contributed by atoms with Crippen molar-refractivity contribution in [2.24, 2.45) is 5.92 Å². The summed E-state index contributed by atoms with van der Waals surface area (Å²) in [5.41, 5.74) is 2.78. The number of ether oxygens (including phenoxy) is 1. The minimum atomic E-state index is -0.740. The van der Waals surface area contributed by atoms with E-state index in [1.807, 2.05) is 6.07 Å². The summed E-state index contributed by atoms with van der Waals surface area (Å²) in [7, 11) is 0. The van der Waals surface area contributed by atoms with Crippen molar-refractivity contribution in [3.05, 3.63) is 65.0 Å². The Balaban J connectivity index is 0.00000533. The molecule has 39 heavy (non-hydrogen) atoms. The highest BCUT2D eigenvalue weighted by atomic mass is 35.5. The van der Waals surface area contributed by atoms with Crippen LogP contribution >= 0.6 is 12.4 Å². The quantitative estimate of drug-likeness (QED) is 0.179. The summed E-state index contributed by atoms with van der Waals surface area (Å²) in [6.45, 7) is 9.12. The Morgan fingerprint density at radius 1 is 0.949 bits per heavy atom. The number of benzene rings is 2. The number of hydrogen-bond donors (Lipinski definition) is 2. The molecule has 2 N–H and O–H groups in total. The number of aryl methyl sites for hydroxylation is 2. The summed E-state index contributed by atoms with van der Waals surface area (Å²) in [4.78, 5) is 0. The molecule has 0 spiro atoms. The average molecular weight is 562 g/mol. The first-order valence-electron chi connectivity index (χ1n) is 15.4. The minimum absolute atomic E-state index is 0. The maximum atomic E-state index is 13.7. The molecule has 5 heteroatoms. The smallest absolute Gasteiger partial charge is 0.123 e.